The van der Waals surface area contributed by atoms with Crippen LogP contribution in [0.4, 0.5) is 0 Å². The molecule has 0 aromatic carbocycles. The molecule has 3 nitrogen and oxygen atoms in total. The Bertz CT molecular complexity index is 439. The van der Waals surface area contributed by atoms with Crippen molar-refractivity contribution in [2.45, 2.75) is 84.5 Å². The molecule has 0 radical (unpaired) electrons. The molecule has 1 N–H and O–H groups in total. The average Bonchev–Trinajstić information content (AvgIpc) is 2.77. The van der Waals surface area contributed by atoms with Gasteiger partial charge in [0.2, 0.25) is 0 Å². The Morgan fingerprint density at radius 3 is 2.52 bits per heavy atom. The third-order valence-corrected chi connectivity index (χ3v) is 4.48. The maximum atomic E-state index is 5.91. The molecule has 1 aliphatic rings. The van der Waals surface area contributed by atoms with Gasteiger partial charge in [0.1, 0.15) is 11.5 Å². The summed E-state index contributed by atoms with van der Waals surface area (Å²) >= 11 is 0. The van der Waals surface area contributed by atoms with Crippen molar-refractivity contribution in [1.82, 2.24) is 10.2 Å². The molecule has 3 heteroatoms. The molecule has 1 saturated carbocycles. The van der Waals surface area contributed by atoms with Gasteiger partial charge in [-0.15, -0.1) is 0 Å². The van der Waals surface area contributed by atoms with Gasteiger partial charge in [-0.05, 0) is 53.7 Å². The first-order valence-corrected chi connectivity index (χ1v) is 8.38. The summed E-state index contributed by atoms with van der Waals surface area (Å²) < 4.78 is 5.91. The van der Waals surface area contributed by atoms with Crippen LogP contribution in [0, 0.1) is 6.92 Å². The Balaban J connectivity index is 1.92. The second-order valence-corrected chi connectivity index (χ2v) is 7.60. The van der Waals surface area contributed by atoms with Gasteiger partial charge in [0.15, 0.2) is 0 Å². The van der Waals surface area contributed by atoms with Crippen molar-refractivity contribution in [1.29, 1.82) is 0 Å². The highest BCUT2D eigenvalue weighted by molar-refractivity contribution is 5.21. The topological polar surface area (TPSA) is 28.4 Å². The van der Waals surface area contributed by atoms with E-state index in [2.05, 4.69) is 51.0 Å². The molecule has 0 unspecified atom stereocenters. The van der Waals surface area contributed by atoms with Crippen LogP contribution in [-0.2, 0) is 13.1 Å². The normalized spacial score (nSPS) is 17.6. The predicted molar refractivity (Wildman–Crippen MR) is 88.4 cm³/mol. The van der Waals surface area contributed by atoms with Gasteiger partial charge >= 0.3 is 0 Å². The van der Waals surface area contributed by atoms with E-state index in [9.17, 15) is 0 Å². The molecule has 1 aromatic rings. The molecule has 0 atom stereocenters. The van der Waals surface area contributed by atoms with Gasteiger partial charge in [-0.1, -0.05) is 19.3 Å². The summed E-state index contributed by atoms with van der Waals surface area (Å²) in [5, 5.41) is 3.49. The van der Waals surface area contributed by atoms with Crippen LogP contribution >= 0.6 is 0 Å². The lowest BCUT2D eigenvalue weighted by atomic mass is 9.94. The average molecular weight is 292 g/mol. The zero-order valence-corrected chi connectivity index (χ0v) is 14.5. The first-order chi connectivity index (χ1) is 9.85. The molecular formula is C18H32N2O. The molecule has 0 saturated heterocycles. The minimum Gasteiger partial charge on any atom is -0.465 e. The number of nitrogens with zero attached hydrogens (tertiary/aromatic N) is 1. The lowest BCUT2D eigenvalue weighted by Gasteiger charge is -2.31. The minimum atomic E-state index is 0.125. The Labute approximate surface area is 130 Å². The van der Waals surface area contributed by atoms with Gasteiger partial charge in [0, 0.05) is 23.7 Å². The van der Waals surface area contributed by atoms with Crippen LogP contribution in [0.3, 0.4) is 0 Å². The summed E-state index contributed by atoms with van der Waals surface area (Å²) in [6.07, 6.45) is 6.90. The van der Waals surface area contributed by atoms with Crippen molar-refractivity contribution in [2.75, 3.05) is 7.05 Å². The first-order valence-electron chi connectivity index (χ1n) is 8.38. The van der Waals surface area contributed by atoms with Crippen molar-refractivity contribution in [3.63, 3.8) is 0 Å². The van der Waals surface area contributed by atoms with Crippen molar-refractivity contribution in [2.24, 2.45) is 0 Å². The Hall–Kier alpha value is -0.800. The van der Waals surface area contributed by atoms with Crippen LogP contribution < -0.4 is 5.32 Å². The quantitative estimate of drug-likeness (QED) is 0.880. The van der Waals surface area contributed by atoms with Crippen molar-refractivity contribution < 1.29 is 4.42 Å². The molecule has 0 aliphatic heterocycles. The molecule has 0 amide bonds. The van der Waals surface area contributed by atoms with Crippen LogP contribution in [0.25, 0.3) is 0 Å². The summed E-state index contributed by atoms with van der Waals surface area (Å²) in [5.41, 5.74) is 1.47. The Morgan fingerprint density at radius 2 is 1.90 bits per heavy atom. The molecule has 120 valence electrons. The third kappa shape index (κ3) is 5.15. The number of furan rings is 1. The number of aryl methyl sites for hydroxylation is 1. The monoisotopic (exact) mass is 292 g/mol. The van der Waals surface area contributed by atoms with E-state index in [0.29, 0.717) is 0 Å². The number of hydrogen-bond donors (Lipinski definition) is 1. The molecule has 1 aliphatic carbocycles. The fourth-order valence-corrected chi connectivity index (χ4v) is 3.10. The molecule has 21 heavy (non-hydrogen) atoms. The van der Waals surface area contributed by atoms with E-state index in [1.807, 2.05) is 0 Å². The van der Waals surface area contributed by atoms with Crippen molar-refractivity contribution in [3.8, 4) is 0 Å². The van der Waals surface area contributed by atoms with Gasteiger partial charge < -0.3 is 9.73 Å². The first kappa shape index (κ1) is 16.6. The second kappa shape index (κ2) is 6.97. The lowest BCUT2D eigenvalue weighted by Crippen LogP contribution is -2.34. The number of hydrogen-bond acceptors (Lipinski definition) is 3. The van der Waals surface area contributed by atoms with E-state index < -0.39 is 0 Å². The fourth-order valence-electron chi connectivity index (χ4n) is 3.10. The van der Waals surface area contributed by atoms with E-state index in [4.69, 9.17) is 4.42 Å². The zero-order valence-electron chi connectivity index (χ0n) is 14.5. The highest BCUT2D eigenvalue weighted by Gasteiger charge is 2.20. The minimum absolute atomic E-state index is 0.125. The van der Waals surface area contributed by atoms with Crippen molar-refractivity contribution >= 4 is 0 Å². The second-order valence-electron chi connectivity index (χ2n) is 7.60. The number of nitrogens with one attached hydrogen (secondary N) is 1. The fraction of sp³-hybridized carbons (Fsp3) is 0.778. The van der Waals surface area contributed by atoms with Gasteiger partial charge in [0.25, 0.3) is 0 Å². The van der Waals surface area contributed by atoms with E-state index in [-0.39, 0.29) is 5.54 Å². The molecule has 0 spiro atoms. The summed E-state index contributed by atoms with van der Waals surface area (Å²) in [6.45, 7) is 10.4. The number of rotatable bonds is 5. The molecular weight excluding hydrogens is 260 g/mol. The van der Waals surface area contributed by atoms with Gasteiger partial charge in [-0.25, -0.2) is 0 Å². The van der Waals surface area contributed by atoms with Crippen LogP contribution in [-0.4, -0.2) is 23.5 Å². The van der Waals surface area contributed by atoms with E-state index in [1.165, 1.54) is 37.7 Å². The van der Waals surface area contributed by atoms with E-state index >= 15 is 0 Å². The standard InChI is InChI=1S/C18H32N2O/c1-14-15(11-17(21-14)12-19-18(2,3)4)13-20(5)16-9-7-6-8-10-16/h11,16,19H,6-10,12-13H2,1-5H3. The highest BCUT2D eigenvalue weighted by Crippen LogP contribution is 2.24. The SMILES string of the molecule is Cc1oc(CNC(C)(C)C)cc1CN(C)C1CCCCC1. The van der Waals surface area contributed by atoms with Crippen LogP contribution in [0.2, 0.25) is 0 Å². The van der Waals surface area contributed by atoms with Crippen LogP contribution in [0.5, 0.6) is 0 Å². The smallest absolute Gasteiger partial charge is 0.118 e. The van der Waals surface area contributed by atoms with Gasteiger partial charge in [-0.3, -0.25) is 4.90 Å². The molecule has 2 rings (SSSR count). The van der Waals surface area contributed by atoms with E-state index in [0.717, 1.165) is 30.7 Å². The van der Waals surface area contributed by atoms with Crippen molar-refractivity contribution in [3.05, 3.63) is 23.2 Å². The maximum Gasteiger partial charge on any atom is 0.118 e. The van der Waals surface area contributed by atoms with Gasteiger partial charge in [-0.2, -0.15) is 0 Å². The summed E-state index contributed by atoms with van der Waals surface area (Å²) in [6, 6.07) is 2.98. The van der Waals surface area contributed by atoms with E-state index in [1.54, 1.807) is 0 Å². The molecule has 1 heterocycles. The lowest BCUT2D eigenvalue weighted by molar-refractivity contribution is 0.184. The predicted octanol–water partition coefficient (Wildman–Crippen LogP) is 4.24. The third-order valence-electron chi connectivity index (χ3n) is 4.48. The summed E-state index contributed by atoms with van der Waals surface area (Å²) in [4.78, 5) is 2.51. The largest absolute Gasteiger partial charge is 0.465 e. The molecule has 1 fully saturated rings. The molecule has 1 aromatic heterocycles. The van der Waals surface area contributed by atoms with Crippen LogP contribution in [0.1, 0.15) is 70.0 Å². The molecule has 0 bridgehead atoms. The Morgan fingerprint density at radius 1 is 1.24 bits per heavy atom. The van der Waals surface area contributed by atoms with Crippen LogP contribution in [0.15, 0.2) is 10.5 Å². The summed E-state index contributed by atoms with van der Waals surface area (Å²) in [7, 11) is 2.26. The zero-order chi connectivity index (χ0) is 15.5. The highest BCUT2D eigenvalue weighted by atomic mass is 16.3. The summed E-state index contributed by atoms with van der Waals surface area (Å²) in [5.74, 6) is 2.12. The van der Waals surface area contributed by atoms with Gasteiger partial charge in [0.05, 0.1) is 6.54 Å². The maximum absolute atomic E-state index is 5.91. The Kier molecular flexibility index (Phi) is 5.50.